The summed E-state index contributed by atoms with van der Waals surface area (Å²) in [6, 6.07) is -0.542. The second kappa shape index (κ2) is 5.70. The minimum absolute atomic E-state index is 0.122. The molecule has 13 heavy (non-hydrogen) atoms. The molecule has 0 aromatic rings. The molecule has 0 spiro atoms. The molecule has 0 heterocycles. The lowest BCUT2D eigenvalue weighted by atomic mass is 10.1. The van der Waals surface area contributed by atoms with Crippen LogP contribution in [0.15, 0.2) is 0 Å². The van der Waals surface area contributed by atoms with Crippen molar-refractivity contribution in [3.63, 3.8) is 0 Å². The monoisotopic (exact) mass is 187 g/mol. The predicted octanol–water partition coefficient (Wildman–Crippen LogP) is 0.664. The van der Waals surface area contributed by atoms with Crippen molar-refractivity contribution >= 4 is 11.8 Å². The van der Waals surface area contributed by atoms with Gasteiger partial charge in [0.25, 0.3) is 0 Å². The van der Waals surface area contributed by atoms with Gasteiger partial charge in [0.05, 0.1) is 12.5 Å². The largest absolute Gasteiger partial charge is 0.481 e. The summed E-state index contributed by atoms with van der Waals surface area (Å²) in [5.74, 6) is -0.657. The molecule has 0 amide bonds. The third-order valence-corrected chi connectivity index (χ3v) is 1.64. The molecule has 1 atom stereocenters. The summed E-state index contributed by atoms with van der Waals surface area (Å²) in [5, 5.41) is 11.4. The van der Waals surface area contributed by atoms with Gasteiger partial charge >= 0.3 is 5.97 Å². The van der Waals surface area contributed by atoms with E-state index in [1.807, 2.05) is 13.8 Å². The first kappa shape index (κ1) is 12.1. The third-order valence-electron chi connectivity index (χ3n) is 1.64. The molecule has 0 fully saturated rings. The number of aliphatic carboxylic acids is 1. The molecule has 0 aliphatic heterocycles. The minimum atomic E-state index is -0.948. The highest BCUT2D eigenvalue weighted by Crippen LogP contribution is 1.96. The Kier molecular flexibility index (Phi) is 5.30. The fraction of sp³-hybridized carbons (Fsp3) is 0.778. The van der Waals surface area contributed by atoms with Crippen molar-refractivity contribution < 1.29 is 14.7 Å². The van der Waals surface area contributed by atoms with E-state index in [1.165, 1.54) is 6.92 Å². The maximum absolute atomic E-state index is 11.0. The average Bonchev–Trinajstić information content (AvgIpc) is 1.96. The molecule has 0 radical (unpaired) electrons. The Morgan fingerprint density at radius 1 is 1.38 bits per heavy atom. The van der Waals surface area contributed by atoms with Crippen LogP contribution in [0.4, 0.5) is 0 Å². The van der Waals surface area contributed by atoms with Crippen molar-refractivity contribution in [2.24, 2.45) is 5.92 Å². The van der Waals surface area contributed by atoms with Gasteiger partial charge in [-0.3, -0.25) is 9.59 Å². The van der Waals surface area contributed by atoms with Crippen molar-refractivity contribution in [3.8, 4) is 0 Å². The van der Waals surface area contributed by atoms with Gasteiger partial charge < -0.3 is 10.4 Å². The van der Waals surface area contributed by atoms with Crippen LogP contribution in [0.25, 0.3) is 0 Å². The Hall–Kier alpha value is -0.900. The fourth-order valence-corrected chi connectivity index (χ4v) is 0.912. The van der Waals surface area contributed by atoms with Crippen molar-refractivity contribution in [2.45, 2.75) is 33.2 Å². The Balaban J connectivity index is 3.95. The standard InChI is InChI=1S/C9H17NO3/c1-6(2)5-10-8(7(3)11)4-9(12)13/h6,8,10H,4-5H2,1-3H3,(H,12,13). The molecule has 0 saturated heterocycles. The van der Waals surface area contributed by atoms with E-state index < -0.39 is 12.0 Å². The summed E-state index contributed by atoms with van der Waals surface area (Å²) in [6.45, 7) is 6.08. The Morgan fingerprint density at radius 3 is 2.23 bits per heavy atom. The number of hydrogen-bond acceptors (Lipinski definition) is 3. The summed E-state index contributed by atoms with van der Waals surface area (Å²) in [6.07, 6.45) is -0.137. The molecule has 0 aromatic carbocycles. The van der Waals surface area contributed by atoms with Crippen molar-refractivity contribution in [3.05, 3.63) is 0 Å². The molecule has 4 nitrogen and oxygen atoms in total. The zero-order chi connectivity index (χ0) is 10.4. The molecule has 0 aromatic heterocycles. The maximum Gasteiger partial charge on any atom is 0.305 e. The van der Waals surface area contributed by atoms with E-state index in [-0.39, 0.29) is 12.2 Å². The van der Waals surface area contributed by atoms with Gasteiger partial charge in [0, 0.05) is 0 Å². The maximum atomic E-state index is 11.0. The molecule has 0 bridgehead atoms. The fourth-order valence-electron chi connectivity index (χ4n) is 0.912. The first-order valence-corrected chi connectivity index (χ1v) is 4.39. The summed E-state index contributed by atoms with van der Waals surface area (Å²) in [7, 11) is 0. The normalized spacial score (nSPS) is 12.9. The number of rotatable bonds is 6. The van der Waals surface area contributed by atoms with Gasteiger partial charge in [0.1, 0.15) is 5.78 Å². The third kappa shape index (κ3) is 6.28. The Morgan fingerprint density at radius 2 is 1.92 bits per heavy atom. The summed E-state index contributed by atoms with van der Waals surface area (Å²) in [4.78, 5) is 21.3. The molecule has 0 aliphatic carbocycles. The van der Waals surface area contributed by atoms with Crippen LogP contribution >= 0.6 is 0 Å². The van der Waals surface area contributed by atoms with E-state index in [1.54, 1.807) is 0 Å². The van der Waals surface area contributed by atoms with E-state index in [0.717, 1.165) is 0 Å². The van der Waals surface area contributed by atoms with Gasteiger partial charge in [-0.15, -0.1) is 0 Å². The van der Waals surface area contributed by atoms with E-state index in [0.29, 0.717) is 12.5 Å². The highest BCUT2D eigenvalue weighted by atomic mass is 16.4. The highest BCUT2D eigenvalue weighted by molar-refractivity contribution is 5.85. The molecule has 4 heteroatoms. The quantitative estimate of drug-likeness (QED) is 0.641. The van der Waals surface area contributed by atoms with Crippen LogP contribution in [0.3, 0.4) is 0 Å². The number of carboxylic acids is 1. The van der Waals surface area contributed by atoms with Gasteiger partial charge in [-0.05, 0) is 19.4 Å². The number of carboxylic acid groups (broad SMARTS) is 1. The summed E-state index contributed by atoms with van der Waals surface area (Å²) < 4.78 is 0. The highest BCUT2D eigenvalue weighted by Gasteiger charge is 2.17. The number of carbonyl (C=O) groups excluding carboxylic acids is 1. The predicted molar refractivity (Wildman–Crippen MR) is 49.6 cm³/mol. The second-order valence-corrected chi connectivity index (χ2v) is 3.56. The van der Waals surface area contributed by atoms with Crippen LogP contribution in [0.1, 0.15) is 27.2 Å². The van der Waals surface area contributed by atoms with Crippen LogP contribution < -0.4 is 5.32 Å². The van der Waals surface area contributed by atoms with E-state index >= 15 is 0 Å². The van der Waals surface area contributed by atoms with Crippen LogP contribution in [-0.2, 0) is 9.59 Å². The minimum Gasteiger partial charge on any atom is -0.481 e. The molecule has 0 saturated carbocycles. The van der Waals surface area contributed by atoms with Crippen LogP contribution in [0.5, 0.6) is 0 Å². The van der Waals surface area contributed by atoms with Gasteiger partial charge in [0.15, 0.2) is 0 Å². The molecular weight excluding hydrogens is 170 g/mol. The number of ketones is 1. The number of hydrogen-bond donors (Lipinski definition) is 2. The van der Waals surface area contributed by atoms with Gasteiger partial charge in [0.2, 0.25) is 0 Å². The zero-order valence-corrected chi connectivity index (χ0v) is 8.33. The molecule has 0 rings (SSSR count). The topological polar surface area (TPSA) is 66.4 Å². The number of carbonyl (C=O) groups is 2. The van der Waals surface area contributed by atoms with Crippen LogP contribution in [0, 0.1) is 5.92 Å². The lowest BCUT2D eigenvalue weighted by molar-refractivity contribution is -0.139. The smallest absolute Gasteiger partial charge is 0.305 e. The first-order chi connectivity index (χ1) is 5.93. The van der Waals surface area contributed by atoms with E-state index in [4.69, 9.17) is 5.11 Å². The first-order valence-electron chi connectivity index (χ1n) is 4.39. The second-order valence-electron chi connectivity index (χ2n) is 3.56. The number of nitrogens with one attached hydrogen (secondary N) is 1. The van der Waals surface area contributed by atoms with Gasteiger partial charge in [-0.2, -0.15) is 0 Å². The lowest BCUT2D eigenvalue weighted by Crippen LogP contribution is -2.39. The van der Waals surface area contributed by atoms with Crippen LogP contribution in [-0.4, -0.2) is 29.4 Å². The van der Waals surface area contributed by atoms with Crippen LogP contribution in [0.2, 0.25) is 0 Å². The zero-order valence-electron chi connectivity index (χ0n) is 8.33. The SMILES string of the molecule is CC(=O)C(CC(=O)O)NCC(C)C. The van der Waals surface area contributed by atoms with Crippen molar-refractivity contribution in [1.82, 2.24) is 5.32 Å². The van der Waals surface area contributed by atoms with E-state index in [9.17, 15) is 9.59 Å². The number of Topliss-reactive ketones (excluding diaryl/α,β-unsaturated/α-hetero) is 1. The molecular formula is C9H17NO3. The lowest BCUT2D eigenvalue weighted by Gasteiger charge is -2.14. The van der Waals surface area contributed by atoms with Gasteiger partial charge in [-0.1, -0.05) is 13.8 Å². The van der Waals surface area contributed by atoms with Crippen molar-refractivity contribution in [2.75, 3.05) is 6.54 Å². The molecule has 76 valence electrons. The van der Waals surface area contributed by atoms with Gasteiger partial charge in [-0.25, -0.2) is 0 Å². The Labute approximate surface area is 78.3 Å². The molecule has 0 aliphatic rings. The summed E-state index contributed by atoms with van der Waals surface area (Å²) >= 11 is 0. The summed E-state index contributed by atoms with van der Waals surface area (Å²) in [5.41, 5.74) is 0. The average molecular weight is 187 g/mol. The van der Waals surface area contributed by atoms with Crippen molar-refractivity contribution in [1.29, 1.82) is 0 Å². The molecule has 1 unspecified atom stereocenters. The molecule has 2 N–H and O–H groups in total. The van der Waals surface area contributed by atoms with E-state index in [2.05, 4.69) is 5.32 Å². The Bertz CT molecular complexity index is 189.